The lowest BCUT2D eigenvalue weighted by Crippen LogP contribution is -2.18. The van der Waals surface area contributed by atoms with Gasteiger partial charge in [0.1, 0.15) is 7.14 Å². The number of hydrogen-bond donors (Lipinski definition) is 0. The molecule has 3 heteroatoms. The topological polar surface area (TPSA) is 17.1 Å². The van der Waals surface area contributed by atoms with Gasteiger partial charge >= 0.3 is 0 Å². The van der Waals surface area contributed by atoms with Gasteiger partial charge in [-0.1, -0.05) is 76.6 Å². The zero-order valence-electron chi connectivity index (χ0n) is 10.1. The molecule has 0 N–H and O–H groups in total. The molecule has 0 aliphatic carbocycles. The zero-order valence-corrected chi connectivity index (χ0v) is 12.6. The van der Waals surface area contributed by atoms with Crippen LogP contribution in [0.5, 0.6) is 0 Å². The highest BCUT2D eigenvalue weighted by atomic mass is 79.9. The molecule has 2 aromatic carbocycles. The molecule has 0 bridgehead atoms. The number of benzene rings is 2. The molecule has 0 radical (unpaired) electrons. The predicted molar refractivity (Wildman–Crippen MR) is 83.0 cm³/mol. The lowest BCUT2D eigenvalue weighted by molar-refractivity contribution is 0.586. The fourth-order valence-electron chi connectivity index (χ4n) is 2.03. The molecule has 0 unspecified atom stereocenters. The van der Waals surface area contributed by atoms with E-state index in [9.17, 15) is 4.57 Å². The van der Waals surface area contributed by atoms with Gasteiger partial charge in [0, 0.05) is 22.1 Å². The third-order valence-electron chi connectivity index (χ3n) is 2.95. The molecule has 0 amide bonds. The van der Waals surface area contributed by atoms with Crippen LogP contribution in [-0.4, -0.2) is 11.5 Å². The molecule has 0 aliphatic heterocycles. The molecule has 2 rings (SSSR count). The van der Waals surface area contributed by atoms with E-state index in [0.29, 0.717) is 6.16 Å². The highest BCUT2D eigenvalue weighted by Crippen LogP contribution is 2.43. The summed E-state index contributed by atoms with van der Waals surface area (Å²) in [7, 11) is -2.47. The van der Waals surface area contributed by atoms with E-state index >= 15 is 0 Å². The van der Waals surface area contributed by atoms with E-state index in [-0.39, 0.29) is 0 Å². The van der Waals surface area contributed by atoms with Crippen LogP contribution in [0.4, 0.5) is 0 Å². The molecule has 2 aromatic rings. The maximum Gasteiger partial charge on any atom is 0.143 e. The molecule has 0 spiro atoms. The molecule has 0 fully saturated rings. The number of alkyl halides is 1. The SMILES string of the molecule is O=P(CCCBr)(c1ccccc1)c1ccccc1. The second kappa shape index (κ2) is 6.36. The van der Waals surface area contributed by atoms with E-state index in [4.69, 9.17) is 0 Å². The quantitative estimate of drug-likeness (QED) is 0.604. The highest BCUT2D eigenvalue weighted by molar-refractivity contribution is 9.09. The van der Waals surface area contributed by atoms with Crippen LogP contribution in [0, 0.1) is 0 Å². The van der Waals surface area contributed by atoms with Gasteiger partial charge in [0.05, 0.1) is 0 Å². The fourth-order valence-corrected chi connectivity index (χ4v) is 5.47. The van der Waals surface area contributed by atoms with Gasteiger partial charge in [-0.2, -0.15) is 0 Å². The minimum absolute atomic E-state index is 0.715. The van der Waals surface area contributed by atoms with E-state index in [0.717, 1.165) is 22.4 Å². The summed E-state index contributed by atoms with van der Waals surface area (Å²) in [6, 6.07) is 19.6. The lowest BCUT2D eigenvalue weighted by Gasteiger charge is -2.18. The van der Waals surface area contributed by atoms with Gasteiger partial charge in [0.15, 0.2) is 0 Å². The van der Waals surface area contributed by atoms with E-state index < -0.39 is 7.14 Å². The van der Waals surface area contributed by atoms with Gasteiger partial charge in [0.25, 0.3) is 0 Å². The first kappa shape index (κ1) is 13.6. The van der Waals surface area contributed by atoms with Crippen molar-refractivity contribution in [1.29, 1.82) is 0 Å². The highest BCUT2D eigenvalue weighted by Gasteiger charge is 2.25. The first-order chi connectivity index (χ1) is 8.77. The van der Waals surface area contributed by atoms with Crippen molar-refractivity contribution in [1.82, 2.24) is 0 Å². The molecule has 0 heterocycles. The lowest BCUT2D eigenvalue weighted by atomic mass is 10.4. The van der Waals surface area contributed by atoms with Crippen molar-refractivity contribution in [3.63, 3.8) is 0 Å². The Labute approximate surface area is 117 Å². The Balaban J connectivity index is 2.45. The Kier molecular flexibility index (Phi) is 4.79. The maximum atomic E-state index is 13.4. The van der Waals surface area contributed by atoms with Crippen LogP contribution in [0.3, 0.4) is 0 Å². The number of halogens is 1. The number of rotatable bonds is 5. The molecule has 0 atom stereocenters. The normalized spacial score (nSPS) is 11.4. The van der Waals surface area contributed by atoms with Crippen molar-refractivity contribution in [3.8, 4) is 0 Å². The van der Waals surface area contributed by atoms with Crippen LogP contribution in [-0.2, 0) is 4.57 Å². The van der Waals surface area contributed by atoms with Gasteiger partial charge in [0.2, 0.25) is 0 Å². The molecule has 18 heavy (non-hydrogen) atoms. The van der Waals surface area contributed by atoms with Gasteiger partial charge in [-0.15, -0.1) is 0 Å². The summed E-state index contributed by atoms with van der Waals surface area (Å²) in [6.45, 7) is 0. The Morgan fingerprint density at radius 2 is 1.28 bits per heavy atom. The summed E-state index contributed by atoms with van der Waals surface area (Å²) in [5.74, 6) is 0. The maximum absolute atomic E-state index is 13.4. The van der Waals surface area contributed by atoms with Crippen LogP contribution in [0.25, 0.3) is 0 Å². The molecule has 0 aromatic heterocycles. The minimum Gasteiger partial charge on any atom is -0.314 e. The smallest absolute Gasteiger partial charge is 0.143 e. The molecular weight excluding hydrogens is 307 g/mol. The minimum atomic E-state index is -2.47. The predicted octanol–water partition coefficient (Wildman–Crippen LogP) is 3.79. The molecule has 0 saturated carbocycles. The summed E-state index contributed by atoms with van der Waals surface area (Å²) in [5, 5.41) is 2.80. The summed E-state index contributed by atoms with van der Waals surface area (Å²) in [5.41, 5.74) is 0. The Morgan fingerprint density at radius 3 is 1.67 bits per heavy atom. The molecule has 0 saturated heterocycles. The van der Waals surface area contributed by atoms with Crippen molar-refractivity contribution in [3.05, 3.63) is 60.7 Å². The van der Waals surface area contributed by atoms with Crippen LogP contribution in [0.15, 0.2) is 60.7 Å². The van der Waals surface area contributed by atoms with Gasteiger partial charge < -0.3 is 4.57 Å². The summed E-state index contributed by atoms with van der Waals surface area (Å²) in [6.07, 6.45) is 1.63. The van der Waals surface area contributed by atoms with Crippen molar-refractivity contribution >= 4 is 33.7 Å². The summed E-state index contributed by atoms with van der Waals surface area (Å²) < 4.78 is 13.4. The van der Waals surface area contributed by atoms with E-state index in [1.165, 1.54) is 0 Å². The van der Waals surface area contributed by atoms with Gasteiger partial charge in [-0.3, -0.25) is 0 Å². The average molecular weight is 323 g/mol. The molecule has 94 valence electrons. The molecular formula is C15H16BrOP. The van der Waals surface area contributed by atoms with Crippen molar-refractivity contribution in [2.75, 3.05) is 11.5 Å². The zero-order chi connectivity index (χ0) is 12.8. The second-order valence-corrected chi connectivity index (χ2v) is 7.93. The third-order valence-corrected chi connectivity index (χ3v) is 6.72. The van der Waals surface area contributed by atoms with Gasteiger partial charge in [-0.05, 0) is 6.42 Å². The standard InChI is InChI=1S/C15H16BrOP/c16-12-7-13-18(17,14-8-3-1-4-9-14)15-10-5-2-6-11-15/h1-6,8-11H,7,12-13H2. The van der Waals surface area contributed by atoms with Crippen molar-refractivity contribution < 1.29 is 4.57 Å². The van der Waals surface area contributed by atoms with Crippen LogP contribution in [0.1, 0.15) is 6.42 Å². The van der Waals surface area contributed by atoms with Crippen molar-refractivity contribution in [2.24, 2.45) is 0 Å². The van der Waals surface area contributed by atoms with E-state index in [2.05, 4.69) is 15.9 Å². The number of hydrogen-bond acceptors (Lipinski definition) is 1. The van der Waals surface area contributed by atoms with Crippen LogP contribution < -0.4 is 10.6 Å². The van der Waals surface area contributed by atoms with Crippen LogP contribution in [0.2, 0.25) is 0 Å². The van der Waals surface area contributed by atoms with E-state index in [1.54, 1.807) is 0 Å². The average Bonchev–Trinajstić information content (AvgIpc) is 2.46. The van der Waals surface area contributed by atoms with Crippen LogP contribution >= 0.6 is 23.1 Å². The molecule has 1 nitrogen and oxygen atoms in total. The summed E-state index contributed by atoms with van der Waals surface area (Å²) >= 11 is 3.43. The monoisotopic (exact) mass is 322 g/mol. The Hall–Kier alpha value is -0.850. The van der Waals surface area contributed by atoms with Crippen molar-refractivity contribution in [2.45, 2.75) is 6.42 Å². The summed E-state index contributed by atoms with van der Waals surface area (Å²) in [4.78, 5) is 0. The molecule has 0 aliphatic rings. The third kappa shape index (κ3) is 2.93. The van der Waals surface area contributed by atoms with Gasteiger partial charge in [-0.25, -0.2) is 0 Å². The first-order valence-electron chi connectivity index (χ1n) is 6.03. The largest absolute Gasteiger partial charge is 0.314 e. The second-order valence-electron chi connectivity index (χ2n) is 4.18. The first-order valence-corrected chi connectivity index (χ1v) is 9.05. The Morgan fingerprint density at radius 1 is 0.833 bits per heavy atom. The fraction of sp³-hybridized carbons (Fsp3) is 0.200. The Bertz CT molecular complexity index is 481. The van der Waals surface area contributed by atoms with E-state index in [1.807, 2.05) is 60.7 Å².